The molecule has 1 aliphatic rings. The smallest absolute Gasteiger partial charge is 0.235 e. The van der Waals surface area contributed by atoms with Crippen LogP contribution in [-0.2, 0) is 5.41 Å². The highest BCUT2D eigenvalue weighted by atomic mass is 15.2. The third-order valence-electron chi connectivity index (χ3n) is 15.3. The third kappa shape index (κ3) is 5.23. The fourth-order valence-electron chi connectivity index (χ4n) is 12.2. The van der Waals surface area contributed by atoms with Gasteiger partial charge in [0, 0.05) is 59.8 Å². The van der Waals surface area contributed by atoms with E-state index in [9.17, 15) is 0 Å². The van der Waals surface area contributed by atoms with Gasteiger partial charge in [-0.05, 0) is 85.9 Å². The van der Waals surface area contributed by atoms with E-state index in [0.717, 1.165) is 44.3 Å². The van der Waals surface area contributed by atoms with Crippen molar-refractivity contribution >= 4 is 86.8 Å². The fraction of sp³-hybridized carbons (Fsp3) is 0.0462. The first kappa shape index (κ1) is 38.3. The summed E-state index contributed by atoms with van der Waals surface area (Å²) in [5.41, 5.74) is 16.1. The molecular formula is C65H42N4. The number of nitrogens with zero attached hydrogens (tertiary/aromatic N) is 4. The van der Waals surface area contributed by atoms with Crippen molar-refractivity contribution in [3.05, 3.63) is 230 Å². The van der Waals surface area contributed by atoms with Crippen LogP contribution in [0.4, 0.5) is 0 Å². The monoisotopic (exact) mass is 878 g/mol. The van der Waals surface area contributed by atoms with E-state index in [-0.39, 0.29) is 5.41 Å². The second-order valence-corrected chi connectivity index (χ2v) is 19.2. The standard InChI is InChI=1S/C65H42N4/c1-65(2)52-28-14-10-20-43(52)44-37-34-41(38-53(44)65)61-49-25-11-15-29-54(49)66-64(67-61)69-56-31-17-13-27-51(56)59-60-57(46-22-7-9-24-48(46)63(59)69)45-21-6-8-23-47(45)62-58(60)50-26-12-16-30-55(50)68(62)42-35-32-40(33-36-42)39-18-4-3-5-19-39/h3-38H,1-2H3. The number of aromatic nitrogens is 4. The van der Waals surface area contributed by atoms with Crippen molar-refractivity contribution in [3.8, 4) is 45.1 Å². The molecule has 0 atom stereocenters. The van der Waals surface area contributed by atoms with Crippen LogP contribution >= 0.6 is 0 Å². The Labute approximate surface area is 398 Å². The molecule has 11 aromatic carbocycles. The predicted octanol–water partition coefficient (Wildman–Crippen LogP) is 16.9. The van der Waals surface area contributed by atoms with E-state index in [2.05, 4.69) is 241 Å². The molecule has 14 aromatic rings. The fourth-order valence-corrected chi connectivity index (χ4v) is 12.2. The van der Waals surface area contributed by atoms with E-state index in [1.165, 1.54) is 92.9 Å². The van der Waals surface area contributed by atoms with Gasteiger partial charge < -0.3 is 4.57 Å². The van der Waals surface area contributed by atoms with Crippen LogP contribution in [0.5, 0.6) is 0 Å². The minimum absolute atomic E-state index is 0.148. The van der Waals surface area contributed by atoms with Gasteiger partial charge in [-0.25, -0.2) is 9.97 Å². The van der Waals surface area contributed by atoms with Gasteiger partial charge in [0.2, 0.25) is 5.95 Å². The zero-order chi connectivity index (χ0) is 45.5. The van der Waals surface area contributed by atoms with Crippen molar-refractivity contribution in [1.29, 1.82) is 0 Å². The van der Waals surface area contributed by atoms with Gasteiger partial charge in [-0.2, -0.15) is 0 Å². The predicted molar refractivity (Wildman–Crippen MR) is 289 cm³/mol. The molecule has 0 amide bonds. The molecule has 0 bridgehead atoms. The second kappa shape index (κ2) is 14.1. The second-order valence-electron chi connectivity index (χ2n) is 19.2. The molecule has 15 rings (SSSR count). The van der Waals surface area contributed by atoms with E-state index >= 15 is 0 Å². The summed E-state index contributed by atoms with van der Waals surface area (Å²) in [5.74, 6) is 0.653. The molecule has 0 radical (unpaired) electrons. The number of hydrogen-bond donors (Lipinski definition) is 0. The summed E-state index contributed by atoms with van der Waals surface area (Å²) in [6.07, 6.45) is 0. The highest BCUT2D eigenvalue weighted by molar-refractivity contribution is 6.45. The quantitative estimate of drug-likeness (QED) is 0.165. The minimum atomic E-state index is -0.148. The Morgan fingerprint density at radius 3 is 1.55 bits per heavy atom. The average Bonchev–Trinajstić information content (AvgIpc) is 4.02. The molecule has 0 fully saturated rings. The lowest BCUT2D eigenvalue weighted by molar-refractivity contribution is 0.660. The van der Waals surface area contributed by atoms with Crippen LogP contribution in [0.15, 0.2) is 218 Å². The van der Waals surface area contributed by atoms with Gasteiger partial charge in [0.25, 0.3) is 0 Å². The van der Waals surface area contributed by atoms with Crippen molar-refractivity contribution < 1.29 is 0 Å². The summed E-state index contributed by atoms with van der Waals surface area (Å²) < 4.78 is 4.86. The molecule has 3 heterocycles. The lowest BCUT2D eigenvalue weighted by Crippen LogP contribution is -2.15. The summed E-state index contributed by atoms with van der Waals surface area (Å²) >= 11 is 0. The molecule has 0 aliphatic heterocycles. The Balaban J connectivity index is 1.08. The Morgan fingerprint density at radius 2 is 0.855 bits per heavy atom. The van der Waals surface area contributed by atoms with E-state index in [0.29, 0.717) is 5.95 Å². The van der Waals surface area contributed by atoms with Gasteiger partial charge in [-0.15, -0.1) is 0 Å². The van der Waals surface area contributed by atoms with Crippen LogP contribution < -0.4 is 0 Å². The number of benzene rings is 11. The van der Waals surface area contributed by atoms with E-state index in [1.807, 2.05) is 0 Å². The van der Waals surface area contributed by atoms with Crippen molar-refractivity contribution in [2.75, 3.05) is 0 Å². The molecule has 322 valence electrons. The Hall–Kier alpha value is -8.86. The zero-order valence-corrected chi connectivity index (χ0v) is 38.1. The highest BCUT2D eigenvalue weighted by Crippen LogP contribution is 2.52. The molecule has 3 aromatic heterocycles. The van der Waals surface area contributed by atoms with Gasteiger partial charge in [0.05, 0.1) is 33.3 Å². The van der Waals surface area contributed by atoms with Crippen LogP contribution in [0.3, 0.4) is 0 Å². The van der Waals surface area contributed by atoms with Gasteiger partial charge >= 0.3 is 0 Å². The Kier molecular flexibility index (Phi) is 7.81. The number of hydrogen-bond acceptors (Lipinski definition) is 2. The number of fused-ring (bicyclic) bond motifs is 19. The lowest BCUT2D eigenvalue weighted by Gasteiger charge is -2.22. The van der Waals surface area contributed by atoms with Gasteiger partial charge in [0.15, 0.2) is 0 Å². The third-order valence-corrected chi connectivity index (χ3v) is 15.3. The maximum atomic E-state index is 5.71. The van der Waals surface area contributed by atoms with Crippen molar-refractivity contribution in [2.45, 2.75) is 19.3 Å². The SMILES string of the molecule is CC1(C)c2ccccc2-c2ccc(-c3nc(-n4c5ccccc5c5c6c(c7ccccc7c7c6c6ccccc6n7-c6ccc(-c7ccccc7)cc6)c6ccccc6c54)nc4ccccc34)cc21. The molecule has 0 unspecified atom stereocenters. The van der Waals surface area contributed by atoms with Gasteiger partial charge in [-0.1, -0.05) is 196 Å². The summed E-state index contributed by atoms with van der Waals surface area (Å²) in [6, 6.07) is 79.9. The topological polar surface area (TPSA) is 35.6 Å². The van der Waals surface area contributed by atoms with Crippen LogP contribution in [-0.4, -0.2) is 19.1 Å². The Morgan fingerprint density at radius 1 is 0.348 bits per heavy atom. The first-order chi connectivity index (χ1) is 34.0. The average molecular weight is 879 g/mol. The molecule has 0 saturated carbocycles. The molecular weight excluding hydrogens is 837 g/mol. The van der Waals surface area contributed by atoms with E-state index in [4.69, 9.17) is 9.97 Å². The lowest BCUT2D eigenvalue weighted by atomic mass is 9.82. The summed E-state index contributed by atoms with van der Waals surface area (Å²) in [4.78, 5) is 11.2. The summed E-state index contributed by atoms with van der Waals surface area (Å²) in [7, 11) is 0. The molecule has 69 heavy (non-hydrogen) atoms. The van der Waals surface area contributed by atoms with Gasteiger partial charge in [-0.3, -0.25) is 4.57 Å². The molecule has 4 nitrogen and oxygen atoms in total. The van der Waals surface area contributed by atoms with E-state index in [1.54, 1.807) is 0 Å². The van der Waals surface area contributed by atoms with Gasteiger partial charge in [0.1, 0.15) is 0 Å². The Bertz CT molecular complexity index is 4500. The normalized spacial score (nSPS) is 13.2. The first-order valence-electron chi connectivity index (χ1n) is 23.9. The van der Waals surface area contributed by atoms with Crippen LogP contribution in [0, 0.1) is 0 Å². The van der Waals surface area contributed by atoms with E-state index < -0.39 is 0 Å². The minimum Gasteiger partial charge on any atom is -0.309 e. The number of rotatable bonds is 4. The largest absolute Gasteiger partial charge is 0.309 e. The highest BCUT2D eigenvalue weighted by Gasteiger charge is 2.36. The molecule has 0 N–H and O–H groups in total. The molecule has 0 spiro atoms. The van der Waals surface area contributed by atoms with Crippen molar-refractivity contribution in [1.82, 2.24) is 19.1 Å². The van der Waals surface area contributed by atoms with Crippen LogP contribution in [0.25, 0.3) is 132 Å². The molecule has 0 saturated heterocycles. The first-order valence-corrected chi connectivity index (χ1v) is 23.9. The van der Waals surface area contributed by atoms with Crippen molar-refractivity contribution in [2.24, 2.45) is 0 Å². The van der Waals surface area contributed by atoms with Crippen LogP contribution in [0.1, 0.15) is 25.0 Å². The van der Waals surface area contributed by atoms with Crippen molar-refractivity contribution in [3.63, 3.8) is 0 Å². The molecule has 4 heteroatoms. The number of para-hydroxylation sites is 3. The molecule has 1 aliphatic carbocycles. The summed E-state index contributed by atoms with van der Waals surface area (Å²) in [6.45, 7) is 4.69. The summed E-state index contributed by atoms with van der Waals surface area (Å²) in [5, 5.41) is 13.2. The maximum Gasteiger partial charge on any atom is 0.235 e. The maximum absolute atomic E-state index is 5.71. The zero-order valence-electron chi connectivity index (χ0n) is 38.1. The van der Waals surface area contributed by atoms with Crippen LogP contribution in [0.2, 0.25) is 0 Å².